The molecule has 0 spiro atoms. The standard InChI is InChI=1S/C19H16FNO3S/c1-25-17-9-4-14(5-10-17)21-19(22)18-11-8-16(24-18)12-23-15-6-2-13(20)3-7-15/h2-11H,12H2,1H3,(H,21,22). The van der Waals surface area contributed by atoms with Crippen LogP contribution in [0.15, 0.2) is 70.0 Å². The Labute approximate surface area is 149 Å². The van der Waals surface area contributed by atoms with E-state index in [4.69, 9.17) is 9.15 Å². The number of hydrogen-bond acceptors (Lipinski definition) is 4. The highest BCUT2D eigenvalue weighted by Gasteiger charge is 2.12. The maximum Gasteiger partial charge on any atom is 0.291 e. The zero-order valence-corrected chi connectivity index (χ0v) is 14.3. The zero-order valence-electron chi connectivity index (χ0n) is 13.5. The molecular weight excluding hydrogens is 341 g/mol. The molecule has 1 heterocycles. The summed E-state index contributed by atoms with van der Waals surface area (Å²) in [6, 6.07) is 16.5. The Morgan fingerprint density at radius 1 is 1.08 bits per heavy atom. The van der Waals surface area contributed by atoms with Gasteiger partial charge in [0.2, 0.25) is 0 Å². The quantitative estimate of drug-likeness (QED) is 0.633. The first-order valence-corrected chi connectivity index (χ1v) is 8.79. The molecule has 0 unspecified atom stereocenters. The number of benzene rings is 2. The molecule has 1 aromatic heterocycles. The van der Waals surface area contributed by atoms with Gasteiger partial charge in [-0.1, -0.05) is 0 Å². The molecule has 0 aliphatic carbocycles. The van der Waals surface area contributed by atoms with Gasteiger partial charge < -0.3 is 14.5 Å². The summed E-state index contributed by atoms with van der Waals surface area (Å²) in [6.45, 7) is 0.154. The number of anilines is 1. The van der Waals surface area contributed by atoms with Crippen LogP contribution >= 0.6 is 11.8 Å². The minimum atomic E-state index is -0.329. The number of furan rings is 1. The van der Waals surface area contributed by atoms with Crippen molar-refractivity contribution < 1.29 is 18.3 Å². The van der Waals surface area contributed by atoms with E-state index in [0.29, 0.717) is 17.2 Å². The van der Waals surface area contributed by atoms with Crippen molar-refractivity contribution in [1.29, 1.82) is 0 Å². The van der Waals surface area contributed by atoms with Crippen LogP contribution in [-0.2, 0) is 6.61 Å². The molecule has 4 nitrogen and oxygen atoms in total. The van der Waals surface area contributed by atoms with E-state index in [-0.39, 0.29) is 24.1 Å². The average Bonchev–Trinajstić information content (AvgIpc) is 3.11. The van der Waals surface area contributed by atoms with E-state index in [0.717, 1.165) is 4.90 Å². The first kappa shape index (κ1) is 17.1. The number of rotatable bonds is 6. The lowest BCUT2D eigenvalue weighted by molar-refractivity contribution is 0.0992. The van der Waals surface area contributed by atoms with Gasteiger partial charge in [-0.2, -0.15) is 0 Å². The van der Waals surface area contributed by atoms with E-state index in [1.807, 2.05) is 30.5 Å². The van der Waals surface area contributed by atoms with Gasteiger partial charge in [-0.3, -0.25) is 4.79 Å². The Bertz CT molecular complexity index is 844. The summed E-state index contributed by atoms with van der Waals surface area (Å²) in [6.07, 6.45) is 1.99. The van der Waals surface area contributed by atoms with Gasteiger partial charge in [0.05, 0.1) is 0 Å². The Kier molecular flexibility index (Phi) is 5.40. The number of nitrogens with one attached hydrogen (secondary N) is 1. The van der Waals surface area contributed by atoms with Gasteiger partial charge in [-0.05, 0) is 66.9 Å². The fraction of sp³-hybridized carbons (Fsp3) is 0.105. The topological polar surface area (TPSA) is 51.5 Å². The molecule has 0 saturated carbocycles. The van der Waals surface area contributed by atoms with Crippen molar-refractivity contribution in [2.24, 2.45) is 0 Å². The van der Waals surface area contributed by atoms with Crippen LogP contribution in [0.25, 0.3) is 0 Å². The smallest absolute Gasteiger partial charge is 0.291 e. The summed E-state index contributed by atoms with van der Waals surface area (Å²) >= 11 is 1.63. The molecule has 0 aliphatic heterocycles. The monoisotopic (exact) mass is 357 g/mol. The van der Waals surface area contributed by atoms with Crippen molar-refractivity contribution in [3.05, 3.63) is 78.0 Å². The highest BCUT2D eigenvalue weighted by atomic mass is 32.2. The van der Waals surface area contributed by atoms with Crippen LogP contribution in [0.1, 0.15) is 16.3 Å². The van der Waals surface area contributed by atoms with Crippen LogP contribution in [0.2, 0.25) is 0 Å². The lowest BCUT2D eigenvalue weighted by Gasteiger charge is -2.05. The van der Waals surface area contributed by atoms with Crippen LogP contribution in [0, 0.1) is 5.82 Å². The number of hydrogen-bond donors (Lipinski definition) is 1. The second-order valence-corrected chi connectivity index (χ2v) is 6.07. The number of thioether (sulfide) groups is 1. The molecule has 2 aromatic carbocycles. The largest absolute Gasteiger partial charge is 0.486 e. The Morgan fingerprint density at radius 3 is 2.48 bits per heavy atom. The minimum absolute atomic E-state index is 0.154. The molecular formula is C19H16FNO3S. The summed E-state index contributed by atoms with van der Waals surface area (Å²) in [5.74, 6) is 0.580. The summed E-state index contributed by atoms with van der Waals surface area (Å²) < 4.78 is 23.8. The molecule has 0 bridgehead atoms. The number of carbonyl (C=O) groups is 1. The number of amides is 1. The molecule has 0 fully saturated rings. The van der Waals surface area contributed by atoms with E-state index in [1.165, 1.54) is 24.3 Å². The Balaban J connectivity index is 1.58. The van der Waals surface area contributed by atoms with Crippen molar-refractivity contribution >= 4 is 23.4 Å². The predicted molar refractivity (Wildman–Crippen MR) is 95.6 cm³/mol. The Hall–Kier alpha value is -2.73. The molecule has 0 aliphatic rings. The third-order valence-corrected chi connectivity index (χ3v) is 4.17. The van der Waals surface area contributed by atoms with E-state index in [2.05, 4.69) is 5.32 Å². The van der Waals surface area contributed by atoms with Crippen LogP contribution in [-0.4, -0.2) is 12.2 Å². The van der Waals surface area contributed by atoms with Gasteiger partial charge >= 0.3 is 0 Å². The van der Waals surface area contributed by atoms with Crippen LogP contribution < -0.4 is 10.1 Å². The summed E-state index contributed by atoms with van der Waals surface area (Å²) in [5, 5.41) is 2.78. The normalized spacial score (nSPS) is 10.5. The lowest BCUT2D eigenvalue weighted by atomic mass is 10.3. The highest BCUT2D eigenvalue weighted by molar-refractivity contribution is 7.98. The second-order valence-electron chi connectivity index (χ2n) is 5.19. The van der Waals surface area contributed by atoms with Crippen molar-refractivity contribution in [2.45, 2.75) is 11.5 Å². The molecule has 6 heteroatoms. The molecule has 3 aromatic rings. The molecule has 0 atom stereocenters. The first-order chi connectivity index (χ1) is 12.1. The first-order valence-electron chi connectivity index (χ1n) is 7.56. The molecule has 0 saturated heterocycles. The highest BCUT2D eigenvalue weighted by Crippen LogP contribution is 2.19. The molecule has 1 N–H and O–H groups in total. The van der Waals surface area contributed by atoms with Gasteiger partial charge in [-0.15, -0.1) is 11.8 Å². The van der Waals surface area contributed by atoms with Gasteiger partial charge in [0.25, 0.3) is 5.91 Å². The number of carbonyl (C=O) groups excluding carboxylic acids is 1. The predicted octanol–water partition coefficient (Wildman–Crippen LogP) is 4.97. The van der Waals surface area contributed by atoms with E-state index in [9.17, 15) is 9.18 Å². The van der Waals surface area contributed by atoms with E-state index in [1.54, 1.807) is 23.9 Å². The fourth-order valence-corrected chi connectivity index (χ4v) is 2.54. The number of halogens is 1. The van der Waals surface area contributed by atoms with E-state index >= 15 is 0 Å². The molecule has 0 radical (unpaired) electrons. The second kappa shape index (κ2) is 7.90. The third kappa shape index (κ3) is 4.64. The van der Waals surface area contributed by atoms with Gasteiger partial charge in [0.15, 0.2) is 5.76 Å². The summed E-state index contributed by atoms with van der Waals surface area (Å²) in [5.41, 5.74) is 0.698. The number of ether oxygens (including phenoxy) is 1. The third-order valence-electron chi connectivity index (χ3n) is 3.43. The van der Waals surface area contributed by atoms with Crippen molar-refractivity contribution in [2.75, 3.05) is 11.6 Å². The van der Waals surface area contributed by atoms with Crippen molar-refractivity contribution in [3.8, 4) is 5.75 Å². The zero-order chi connectivity index (χ0) is 17.6. The molecule has 25 heavy (non-hydrogen) atoms. The Morgan fingerprint density at radius 2 is 1.80 bits per heavy atom. The maximum absolute atomic E-state index is 12.8. The SMILES string of the molecule is CSc1ccc(NC(=O)c2ccc(COc3ccc(F)cc3)o2)cc1. The van der Waals surface area contributed by atoms with Crippen LogP contribution in [0.4, 0.5) is 10.1 Å². The fourth-order valence-electron chi connectivity index (χ4n) is 2.13. The average molecular weight is 357 g/mol. The summed E-state index contributed by atoms with van der Waals surface area (Å²) in [7, 11) is 0. The maximum atomic E-state index is 12.8. The molecule has 3 rings (SSSR count). The van der Waals surface area contributed by atoms with Crippen LogP contribution in [0.3, 0.4) is 0 Å². The van der Waals surface area contributed by atoms with E-state index < -0.39 is 0 Å². The van der Waals surface area contributed by atoms with Gasteiger partial charge in [0, 0.05) is 10.6 Å². The van der Waals surface area contributed by atoms with Crippen molar-refractivity contribution in [3.63, 3.8) is 0 Å². The van der Waals surface area contributed by atoms with Crippen LogP contribution in [0.5, 0.6) is 5.75 Å². The minimum Gasteiger partial charge on any atom is -0.486 e. The van der Waals surface area contributed by atoms with Gasteiger partial charge in [0.1, 0.15) is 23.9 Å². The lowest BCUT2D eigenvalue weighted by Crippen LogP contribution is -2.10. The van der Waals surface area contributed by atoms with Gasteiger partial charge in [-0.25, -0.2) is 4.39 Å². The van der Waals surface area contributed by atoms with Crippen molar-refractivity contribution in [1.82, 2.24) is 0 Å². The molecule has 1 amide bonds. The summed E-state index contributed by atoms with van der Waals surface area (Å²) in [4.78, 5) is 13.3. The molecule has 128 valence electrons.